The highest BCUT2D eigenvalue weighted by atomic mass is 35.5. The molecule has 7 heteroatoms. The second-order valence-electron chi connectivity index (χ2n) is 5.52. The van der Waals surface area contributed by atoms with Crippen LogP contribution in [0.5, 0.6) is 0 Å². The van der Waals surface area contributed by atoms with Crippen molar-refractivity contribution in [2.45, 2.75) is 12.8 Å². The Bertz CT molecular complexity index is 879. The fraction of sp³-hybridized carbons (Fsp3) is 0.167. The Morgan fingerprint density at radius 2 is 1.92 bits per heavy atom. The molecule has 128 valence electrons. The molecular weight excluding hydrogens is 365 g/mol. The highest BCUT2D eigenvalue weighted by molar-refractivity contribution is 6.43. The van der Waals surface area contributed by atoms with Crippen molar-refractivity contribution in [3.05, 3.63) is 63.1 Å². The SMILES string of the molecule is O=C1CCc2cc(C(=O)COC(=O)c3cccc(Cl)c3Cl)ccc2N1. The highest BCUT2D eigenvalue weighted by Gasteiger charge is 2.19. The van der Waals surface area contributed by atoms with Crippen LogP contribution < -0.4 is 5.32 Å². The van der Waals surface area contributed by atoms with Gasteiger partial charge in [-0.1, -0.05) is 29.3 Å². The maximum atomic E-state index is 12.3. The number of Topliss-reactive ketones (excluding diaryl/α,β-unsaturated/α-hetero) is 1. The Morgan fingerprint density at radius 3 is 2.72 bits per heavy atom. The lowest BCUT2D eigenvalue weighted by Gasteiger charge is -2.17. The molecule has 2 aromatic carbocycles. The minimum Gasteiger partial charge on any atom is -0.454 e. The number of hydrogen-bond acceptors (Lipinski definition) is 4. The molecule has 0 unspecified atom stereocenters. The summed E-state index contributed by atoms with van der Waals surface area (Å²) in [7, 11) is 0. The van der Waals surface area contributed by atoms with E-state index in [2.05, 4.69) is 5.32 Å². The zero-order valence-corrected chi connectivity index (χ0v) is 14.5. The quantitative estimate of drug-likeness (QED) is 0.647. The fourth-order valence-electron chi connectivity index (χ4n) is 2.51. The normalized spacial score (nSPS) is 13.0. The van der Waals surface area contributed by atoms with E-state index in [4.69, 9.17) is 27.9 Å². The lowest BCUT2D eigenvalue weighted by Crippen LogP contribution is -2.20. The van der Waals surface area contributed by atoms with Gasteiger partial charge in [0.2, 0.25) is 5.91 Å². The van der Waals surface area contributed by atoms with Gasteiger partial charge >= 0.3 is 5.97 Å². The van der Waals surface area contributed by atoms with E-state index >= 15 is 0 Å². The molecule has 0 saturated carbocycles. The third-order valence-corrected chi connectivity index (χ3v) is 4.65. The van der Waals surface area contributed by atoms with Gasteiger partial charge in [-0.2, -0.15) is 0 Å². The molecule has 5 nitrogen and oxygen atoms in total. The first-order valence-electron chi connectivity index (χ1n) is 7.53. The molecule has 1 aliphatic heterocycles. The molecule has 1 amide bonds. The van der Waals surface area contributed by atoms with E-state index in [9.17, 15) is 14.4 Å². The average Bonchev–Trinajstić information content (AvgIpc) is 2.61. The van der Waals surface area contributed by atoms with Crippen LogP contribution in [-0.2, 0) is 16.0 Å². The maximum absolute atomic E-state index is 12.3. The first-order valence-corrected chi connectivity index (χ1v) is 8.28. The van der Waals surface area contributed by atoms with Gasteiger partial charge in [0.1, 0.15) is 0 Å². The largest absolute Gasteiger partial charge is 0.454 e. The van der Waals surface area contributed by atoms with Gasteiger partial charge in [-0.05, 0) is 42.3 Å². The van der Waals surface area contributed by atoms with E-state index < -0.39 is 12.6 Å². The number of aryl methyl sites for hydroxylation is 1. The number of carbonyl (C=O) groups is 3. The lowest BCUT2D eigenvalue weighted by molar-refractivity contribution is -0.116. The summed E-state index contributed by atoms with van der Waals surface area (Å²) in [5.74, 6) is -1.10. The van der Waals surface area contributed by atoms with Crippen LogP contribution in [0.4, 0.5) is 5.69 Å². The van der Waals surface area contributed by atoms with Gasteiger partial charge in [-0.25, -0.2) is 4.79 Å². The van der Waals surface area contributed by atoms with Gasteiger partial charge in [0.05, 0.1) is 15.6 Å². The Kier molecular flexibility index (Phi) is 5.06. The third kappa shape index (κ3) is 3.83. The van der Waals surface area contributed by atoms with E-state index in [1.807, 2.05) is 0 Å². The molecule has 0 radical (unpaired) electrons. The molecule has 25 heavy (non-hydrogen) atoms. The maximum Gasteiger partial charge on any atom is 0.340 e. The average molecular weight is 378 g/mol. The van der Waals surface area contributed by atoms with Crippen LogP contribution in [-0.4, -0.2) is 24.3 Å². The van der Waals surface area contributed by atoms with Crippen molar-refractivity contribution < 1.29 is 19.1 Å². The molecule has 2 aromatic rings. The molecule has 0 fully saturated rings. The van der Waals surface area contributed by atoms with Crippen molar-refractivity contribution in [3.63, 3.8) is 0 Å². The van der Waals surface area contributed by atoms with Crippen LogP contribution >= 0.6 is 23.2 Å². The Hall–Kier alpha value is -2.37. The molecule has 1 aliphatic rings. The zero-order valence-electron chi connectivity index (χ0n) is 13.0. The Balaban J connectivity index is 1.68. The molecule has 0 aliphatic carbocycles. The summed E-state index contributed by atoms with van der Waals surface area (Å²) in [5, 5.41) is 3.07. The summed E-state index contributed by atoms with van der Waals surface area (Å²) in [6, 6.07) is 9.57. The summed E-state index contributed by atoms with van der Waals surface area (Å²) < 4.78 is 5.04. The number of carbonyl (C=O) groups excluding carboxylic acids is 3. The molecule has 1 N–H and O–H groups in total. The van der Waals surface area contributed by atoms with Crippen molar-refractivity contribution in [2.75, 3.05) is 11.9 Å². The van der Waals surface area contributed by atoms with Gasteiger partial charge in [0.25, 0.3) is 0 Å². The van der Waals surface area contributed by atoms with Crippen molar-refractivity contribution in [3.8, 4) is 0 Å². The number of halogens is 2. The number of ether oxygens (including phenoxy) is 1. The van der Waals surface area contributed by atoms with E-state index in [1.165, 1.54) is 6.07 Å². The second kappa shape index (κ2) is 7.25. The summed E-state index contributed by atoms with van der Waals surface area (Å²) in [5.41, 5.74) is 2.11. The number of anilines is 1. The number of ketones is 1. The van der Waals surface area contributed by atoms with Gasteiger partial charge in [-0.3, -0.25) is 9.59 Å². The lowest BCUT2D eigenvalue weighted by atomic mass is 9.99. The van der Waals surface area contributed by atoms with E-state index in [1.54, 1.807) is 30.3 Å². The first kappa shape index (κ1) is 17.5. The molecule has 1 heterocycles. The monoisotopic (exact) mass is 377 g/mol. The van der Waals surface area contributed by atoms with E-state index in [0.717, 1.165) is 5.56 Å². The van der Waals surface area contributed by atoms with Crippen molar-refractivity contribution >= 4 is 46.5 Å². The number of fused-ring (bicyclic) bond motifs is 1. The third-order valence-electron chi connectivity index (χ3n) is 3.83. The molecular formula is C18H13Cl2NO4. The number of benzene rings is 2. The Morgan fingerprint density at radius 1 is 1.12 bits per heavy atom. The van der Waals surface area contributed by atoms with E-state index in [-0.39, 0.29) is 27.3 Å². The summed E-state index contributed by atoms with van der Waals surface area (Å²) >= 11 is 11.8. The standard InChI is InChI=1S/C18H13Cl2NO4/c19-13-3-1-2-12(17(13)20)18(24)25-9-15(22)11-4-6-14-10(8-11)5-7-16(23)21-14/h1-4,6,8H,5,7,9H2,(H,21,23). The minimum absolute atomic E-state index is 0.0427. The number of hydrogen-bond donors (Lipinski definition) is 1. The Labute approximate surface area is 153 Å². The van der Waals surface area contributed by atoms with Gasteiger partial charge < -0.3 is 10.1 Å². The summed E-state index contributed by atoms with van der Waals surface area (Å²) in [6.07, 6.45) is 0.951. The summed E-state index contributed by atoms with van der Waals surface area (Å²) in [4.78, 5) is 35.7. The molecule has 0 aromatic heterocycles. The van der Waals surface area contributed by atoms with Crippen LogP contribution in [0.1, 0.15) is 32.7 Å². The zero-order chi connectivity index (χ0) is 18.0. The highest BCUT2D eigenvalue weighted by Crippen LogP contribution is 2.26. The number of rotatable bonds is 4. The topological polar surface area (TPSA) is 72.5 Å². The molecule has 0 atom stereocenters. The number of esters is 1. The van der Waals surface area contributed by atoms with Crippen molar-refractivity contribution in [1.29, 1.82) is 0 Å². The molecule has 0 saturated heterocycles. The molecule has 0 spiro atoms. The summed E-state index contributed by atoms with van der Waals surface area (Å²) in [6.45, 7) is -0.410. The second-order valence-corrected chi connectivity index (χ2v) is 6.31. The first-order chi connectivity index (χ1) is 12.0. The van der Waals surface area contributed by atoms with Crippen LogP contribution in [0.2, 0.25) is 10.0 Å². The smallest absolute Gasteiger partial charge is 0.340 e. The van der Waals surface area contributed by atoms with Crippen molar-refractivity contribution in [1.82, 2.24) is 0 Å². The molecule has 0 bridgehead atoms. The van der Waals surface area contributed by atoms with Crippen LogP contribution in [0.3, 0.4) is 0 Å². The number of nitrogens with one attached hydrogen (secondary N) is 1. The van der Waals surface area contributed by atoms with Gasteiger partial charge in [0, 0.05) is 17.7 Å². The van der Waals surface area contributed by atoms with Crippen LogP contribution in [0.25, 0.3) is 0 Å². The predicted octanol–water partition coefficient (Wildman–Crippen LogP) is 3.92. The molecule has 3 rings (SSSR count). The van der Waals surface area contributed by atoms with E-state index in [0.29, 0.717) is 24.1 Å². The van der Waals surface area contributed by atoms with Gasteiger partial charge in [-0.15, -0.1) is 0 Å². The van der Waals surface area contributed by atoms with Crippen LogP contribution in [0, 0.1) is 0 Å². The fourth-order valence-corrected chi connectivity index (χ4v) is 2.89. The van der Waals surface area contributed by atoms with Crippen LogP contribution in [0.15, 0.2) is 36.4 Å². The van der Waals surface area contributed by atoms with Crippen molar-refractivity contribution in [2.24, 2.45) is 0 Å². The number of amides is 1. The van der Waals surface area contributed by atoms with Gasteiger partial charge in [0.15, 0.2) is 12.4 Å². The predicted molar refractivity (Wildman–Crippen MR) is 94.5 cm³/mol. The minimum atomic E-state index is -0.717.